The minimum Gasteiger partial charge on any atom is -0.457 e. The average Bonchev–Trinajstić information content (AvgIpc) is 2.80. The first kappa shape index (κ1) is 22.0. The number of ether oxygens (including phenoxy) is 1. The van der Waals surface area contributed by atoms with Crippen LogP contribution in [0.1, 0.15) is 23.3 Å². The fourth-order valence-electron chi connectivity index (χ4n) is 4.03. The Morgan fingerprint density at radius 1 is 0.969 bits per heavy atom. The largest absolute Gasteiger partial charge is 0.457 e. The van der Waals surface area contributed by atoms with Crippen LogP contribution in [0.15, 0.2) is 66.7 Å². The third-order valence-corrected chi connectivity index (χ3v) is 6.17. The van der Waals surface area contributed by atoms with Crippen LogP contribution in [0.25, 0.3) is 11.3 Å². The van der Waals surface area contributed by atoms with Gasteiger partial charge in [0.1, 0.15) is 23.0 Å². The van der Waals surface area contributed by atoms with Gasteiger partial charge < -0.3 is 14.1 Å². The van der Waals surface area contributed by atoms with Crippen LogP contribution in [-0.4, -0.2) is 60.5 Å². The molecule has 6 heteroatoms. The maximum Gasteiger partial charge on any atom is 0.272 e. The van der Waals surface area contributed by atoms with Gasteiger partial charge in [-0.3, -0.25) is 4.79 Å². The summed E-state index contributed by atoms with van der Waals surface area (Å²) in [4.78, 5) is 19.6. The van der Waals surface area contributed by atoms with Gasteiger partial charge >= 0.3 is 0 Å². The van der Waals surface area contributed by atoms with Gasteiger partial charge in [-0.1, -0.05) is 6.07 Å². The molecule has 1 aliphatic rings. The molecule has 0 N–H and O–H groups in total. The van der Waals surface area contributed by atoms with Crippen molar-refractivity contribution in [3.8, 4) is 22.8 Å². The number of piperidine rings is 1. The van der Waals surface area contributed by atoms with Crippen LogP contribution < -0.4 is 4.74 Å². The molecule has 4 rings (SSSR count). The Hall–Kier alpha value is -3.25. The first-order valence-electron chi connectivity index (χ1n) is 10.9. The van der Waals surface area contributed by atoms with Crippen LogP contribution in [0.3, 0.4) is 0 Å². The van der Waals surface area contributed by atoms with Gasteiger partial charge in [0.05, 0.1) is 32.9 Å². The highest BCUT2D eigenvalue weighted by atomic mass is 19.1. The molecule has 0 spiro atoms. The van der Waals surface area contributed by atoms with Gasteiger partial charge in [-0.05, 0) is 60.7 Å². The lowest BCUT2D eigenvalue weighted by atomic mass is 10.0. The number of nitrogens with zero attached hydrogens (tertiary/aromatic N) is 3. The smallest absolute Gasteiger partial charge is 0.272 e. The minimum absolute atomic E-state index is 0.0414. The average molecular weight is 435 g/mol. The van der Waals surface area contributed by atoms with Crippen LogP contribution in [0.2, 0.25) is 0 Å². The van der Waals surface area contributed by atoms with Crippen molar-refractivity contribution in [3.05, 3.63) is 78.2 Å². The third kappa shape index (κ3) is 5.14. The number of amides is 1. The van der Waals surface area contributed by atoms with Gasteiger partial charge in [-0.2, -0.15) is 0 Å². The summed E-state index contributed by atoms with van der Waals surface area (Å²) in [7, 11) is 6.35. The van der Waals surface area contributed by atoms with E-state index in [2.05, 4.69) is 19.1 Å². The lowest BCUT2D eigenvalue weighted by molar-refractivity contribution is -0.895. The van der Waals surface area contributed by atoms with E-state index in [0.717, 1.165) is 41.7 Å². The topological polar surface area (TPSA) is 42.4 Å². The molecule has 1 saturated heterocycles. The fourth-order valence-corrected chi connectivity index (χ4v) is 4.03. The van der Waals surface area contributed by atoms with Gasteiger partial charge in [0.2, 0.25) is 0 Å². The number of likely N-dealkylation sites (tertiary alicyclic amines) is 1. The maximum atomic E-state index is 13.1. The number of hydrogen-bond donors (Lipinski definition) is 0. The Labute approximate surface area is 188 Å². The van der Waals surface area contributed by atoms with Gasteiger partial charge in [-0.25, -0.2) is 9.37 Å². The highest BCUT2D eigenvalue weighted by Gasteiger charge is 2.31. The second-order valence-electron chi connectivity index (χ2n) is 9.02. The number of aromatic nitrogens is 1. The number of rotatable bonds is 5. The molecule has 2 aromatic carbocycles. The van der Waals surface area contributed by atoms with E-state index >= 15 is 0 Å². The van der Waals surface area contributed by atoms with Crippen molar-refractivity contribution in [2.75, 3.05) is 34.2 Å². The normalized spacial score (nSPS) is 15.9. The zero-order valence-electron chi connectivity index (χ0n) is 18.8. The molecular weight excluding hydrogens is 405 g/mol. The predicted molar refractivity (Wildman–Crippen MR) is 123 cm³/mol. The van der Waals surface area contributed by atoms with Crippen LogP contribution >= 0.6 is 0 Å². The second-order valence-corrected chi connectivity index (χ2v) is 9.02. The van der Waals surface area contributed by atoms with Crippen LogP contribution in [0.5, 0.6) is 11.5 Å². The molecule has 166 valence electrons. The Morgan fingerprint density at radius 3 is 2.19 bits per heavy atom. The van der Waals surface area contributed by atoms with Gasteiger partial charge in [0, 0.05) is 31.5 Å². The Morgan fingerprint density at radius 2 is 1.56 bits per heavy atom. The summed E-state index contributed by atoms with van der Waals surface area (Å²) in [6.45, 7) is 2.14. The van der Waals surface area contributed by atoms with Crippen LogP contribution in [-0.2, 0) is 0 Å². The molecule has 0 saturated carbocycles. The van der Waals surface area contributed by atoms with E-state index in [1.807, 2.05) is 48.3 Å². The highest BCUT2D eigenvalue weighted by molar-refractivity contribution is 5.93. The van der Waals surface area contributed by atoms with E-state index in [0.29, 0.717) is 17.2 Å². The van der Waals surface area contributed by atoms with Crippen molar-refractivity contribution < 1.29 is 18.4 Å². The number of hydrogen-bond acceptors (Lipinski definition) is 3. The van der Waals surface area contributed by atoms with Crippen molar-refractivity contribution >= 4 is 5.91 Å². The van der Waals surface area contributed by atoms with Crippen molar-refractivity contribution in [3.63, 3.8) is 0 Å². The fraction of sp³-hybridized carbons (Fsp3) is 0.308. The first-order valence-corrected chi connectivity index (χ1v) is 10.9. The van der Waals surface area contributed by atoms with E-state index in [-0.39, 0.29) is 17.8 Å². The van der Waals surface area contributed by atoms with Crippen LogP contribution in [0, 0.1) is 5.82 Å². The Bertz CT molecular complexity index is 1070. The second kappa shape index (κ2) is 9.09. The summed E-state index contributed by atoms with van der Waals surface area (Å²) in [5, 5.41) is 0. The molecule has 5 nitrogen and oxygen atoms in total. The van der Waals surface area contributed by atoms with E-state index in [1.54, 1.807) is 18.2 Å². The Balaban J connectivity index is 1.45. The molecule has 1 aromatic heterocycles. The van der Waals surface area contributed by atoms with Crippen molar-refractivity contribution in [2.45, 2.75) is 18.9 Å². The van der Waals surface area contributed by atoms with E-state index < -0.39 is 0 Å². The number of pyridine rings is 1. The van der Waals surface area contributed by atoms with Crippen LogP contribution in [0.4, 0.5) is 4.39 Å². The molecule has 32 heavy (non-hydrogen) atoms. The molecule has 1 fully saturated rings. The van der Waals surface area contributed by atoms with E-state index in [9.17, 15) is 9.18 Å². The third-order valence-electron chi connectivity index (χ3n) is 6.17. The first-order chi connectivity index (χ1) is 15.3. The van der Waals surface area contributed by atoms with Crippen molar-refractivity contribution in [1.82, 2.24) is 9.88 Å². The number of carbonyl (C=O) groups excluding carboxylic acids is 1. The van der Waals surface area contributed by atoms with Crippen molar-refractivity contribution in [2.24, 2.45) is 0 Å². The number of quaternary nitrogens is 1. The summed E-state index contributed by atoms with van der Waals surface area (Å²) in [5.41, 5.74) is 2.08. The summed E-state index contributed by atoms with van der Waals surface area (Å²) >= 11 is 0. The molecule has 3 aromatic rings. The molecule has 0 bridgehead atoms. The monoisotopic (exact) mass is 434 g/mol. The van der Waals surface area contributed by atoms with Gasteiger partial charge in [0.25, 0.3) is 5.91 Å². The summed E-state index contributed by atoms with van der Waals surface area (Å²) in [6, 6.07) is 19.2. The number of halogens is 1. The summed E-state index contributed by atoms with van der Waals surface area (Å²) in [5.74, 6) is 0.870. The van der Waals surface area contributed by atoms with Gasteiger partial charge in [0.15, 0.2) is 0 Å². The molecule has 0 radical (unpaired) electrons. The maximum absolute atomic E-state index is 13.1. The zero-order valence-corrected chi connectivity index (χ0v) is 18.8. The SMILES string of the molecule is CN(C(=O)c1cccc(-c2ccc(Oc3ccc(F)cc3)cc2)n1)C1CC[N+](C)(C)CC1. The summed E-state index contributed by atoms with van der Waals surface area (Å²) in [6.07, 6.45) is 2.01. The predicted octanol–water partition coefficient (Wildman–Crippen LogP) is 4.99. The highest BCUT2D eigenvalue weighted by Crippen LogP contribution is 2.26. The standard InChI is InChI=1S/C26H29FN3O2/c1-29(21-15-17-30(2,3)18-16-21)26(31)25-6-4-5-24(28-25)19-7-11-22(12-8-19)32-23-13-9-20(27)10-14-23/h4-14,21H,15-18H2,1-3H3/q+1. The lowest BCUT2D eigenvalue weighted by Gasteiger charge is -2.40. The minimum atomic E-state index is -0.301. The number of carbonyl (C=O) groups is 1. The summed E-state index contributed by atoms with van der Waals surface area (Å²) < 4.78 is 19.8. The van der Waals surface area contributed by atoms with Gasteiger partial charge in [-0.15, -0.1) is 0 Å². The molecule has 1 aliphatic heterocycles. The van der Waals surface area contributed by atoms with E-state index in [1.165, 1.54) is 12.1 Å². The molecule has 2 heterocycles. The van der Waals surface area contributed by atoms with Crippen molar-refractivity contribution in [1.29, 1.82) is 0 Å². The Kier molecular flexibility index (Phi) is 6.24. The molecular formula is C26H29FN3O2+. The molecule has 0 atom stereocenters. The lowest BCUT2D eigenvalue weighted by Crippen LogP contribution is -2.52. The molecule has 0 aliphatic carbocycles. The quantitative estimate of drug-likeness (QED) is 0.531. The molecule has 1 amide bonds. The van der Waals surface area contributed by atoms with E-state index in [4.69, 9.17) is 4.74 Å². The molecule has 0 unspecified atom stereocenters. The number of benzene rings is 2. The zero-order chi connectivity index (χ0) is 22.7.